The van der Waals surface area contributed by atoms with Gasteiger partial charge in [-0.3, -0.25) is 0 Å². The van der Waals surface area contributed by atoms with E-state index in [2.05, 4.69) is 20.5 Å². The summed E-state index contributed by atoms with van der Waals surface area (Å²) in [5.41, 5.74) is 0.676. The monoisotopic (exact) mass is 324 g/mol. The molecule has 0 spiro atoms. The first-order chi connectivity index (χ1) is 10.6. The number of benzene rings is 1. The summed E-state index contributed by atoms with van der Waals surface area (Å²) in [5.74, 6) is -0.577. The van der Waals surface area contributed by atoms with Crippen molar-refractivity contribution < 1.29 is 14.2 Å². The molecule has 0 fully saturated rings. The van der Waals surface area contributed by atoms with Crippen LogP contribution < -0.4 is 5.32 Å². The zero-order chi connectivity index (χ0) is 15.9. The highest BCUT2D eigenvalue weighted by Gasteiger charge is 2.11. The molecule has 0 aliphatic heterocycles. The number of azo groups is 1. The minimum atomic E-state index is -0.399. The van der Waals surface area contributed by atoms with Crippen LogP contribution in [0.25, 0.3) is 10.9 Å². The molecule has 0 saturated heterocycles. The van der Waals surface area contributed by atoms with E-state index in [-0.39, 0.29) is 16.7 Å². The number of aromatic nitrogens is 1. The number of aromatic hydroxyl groups is 1. The van der Waals surface area contributed by atoms with Crippen molar-refractivity contribution in [3.8, 4) is 5.88 Å². The molecule has 0 radical (unpaired) electrons. The van der Waals surface area contributed by atoms with Crippen LogP contribution in [0.1, 0.15) is 13.3 Å². The van der Waals surface area contributed by atoms with Crippen LogP contribution >= 0.6 is 12.2 Å². The van der Waals surface area contributed by atoms with Crippen molar-refractivity contribution in [2.45, 2.75) is 13.3 Å². The Morgan fingerprint density at radius 1 is 1.50 bits per heavy atom. The Kier molecular flexibility index (Phi) is 5.79. The summed E-state index contributed by atoms with van der Waals surface area (Å²) in [4.78, 5) is 2.64. The fourth-order valence-corrected chi connectivity index (χ4v) is 2.03. The molecule has 1 aromatic heterocycles. The molecule has 1 aromatic carbocycles. The molecule has 2 aromatic rings. The molecule has 0 bridgehead atoms. The Morgan fingerprint density at radius 3 is 3.09 bits per heavy atom. The van der Waals surface area contributed by atoms with Gasteiger partial charge in [-0.25, -0.2) is 4.39 Å². The first kappa shape index (κ1) is 16.3. The minimum Gasteiger partial charge on any atom is -0.493 e. The third kappa shape index (κ3) is 4.22. The lowest BCUT2D eigenvalue weighted by Crippen LogP contribution is -2.21. The first-order valence-corrected chi connectivity index (χ1v) is 7.30. The van der Waals surface area contributed by atoms with Crippen molar-refractivity contribution in [2.75, 3.05) is 19.8 Å². The summed E-state index contributed by atoms with van der Waals surface area (Å²) in [7, 11) is 0. The SMILES string of the molecule is CCOCCCNC(=S)N=Nc1c(O)[nH]c2cc(F)ccc12. The topological polar surface area (TPSA) is 82.0 Å². The number of hydrogen-bond acceptors (Lipinski definition) is 4. The van der Waals surface area contributed by atoms with E-state index in [1.54, 1.807) is 0 Å². The second-order valence-corrected chi connectivity index (χ2v) is 4.88. The van der Waals surface area contributed by atoms with Crippen molar-refractivity contribution in [1.82, 2.24) is 10.3 Å². The molecule has 0 amide bonds. The van der Waals surface area contributed by atoms with Crippen molar-refractivity contribution >= 4 is 33.9 Å². The number of fused-ring (bicyclic) bond motifs is 1. The number of halogens is 1. The zero-order valence-electron chi connectivity index (χ0n) is 12.1. The predicted molar refractivity (Wildman–Crippen MR) is 86.1 cm³/mol. The highest BCUT2D eigenvalue weighted by atomic mass is 32.1. The van der Waals surface area contributed by atoms with Crippen LogP contribution in [0, 0.1) is 5.82 Å². The summed E-state index contributed by atoms with van der Waals surface area (Å²) >= 11 is 5.03. The largest absolute Gasteiger partial charge is 0.493 e. The number of hydrogen-bond donors (Lipinski definition) is 3. The number of aromatic amines is 1. The van der Waals surface area contributed by atoms with Crippen LogP contribution in [0.4, 0.5) is 10.1 Å². The van der Waals surface area contributed by atoms with Gasteiger partial charge < -0.3 is 20.1 Å². The molecule has 0 saturated carbocycles. The van der Waals surface area contributed by atoms with Crippen molar-refractivity contribution in [2.24, 2.45) is 10.2 Å². The number of ether oxygens (including phenoxy) is 1. The third-order valence-corrected chi connectivity index (χ3v) is 3.13. The molecule has 0 unspecified atom stereocenters. The maximum Gasteiger partial charge on any atom is 0.218 e. The van der Waals surface area contributed by atoms with Crippen LogP contribution in [0.2, 0.25) is 0 Å². The lowest BCUT2D eigenvalue weighted by Gasteiger charge is -2.03. The smallest absolute Gasteiger partial charge is 0.218 e. The molecular weight excluding hydrogens is 307 g/mol. The summed E-state index contributed by atoms with van der Waals surface area (Å²) in [6.07, 6.45) is 0.807. The van der Waals surface area contributed by atoms with Crippen LogP contribution in [-0.4, -0.2) is 35.0 Å². The van der Waals surface area contributed by atoms with Gasteiger partial charge in [-0.1, -0.05) is 0 Å². The van der Waals surface area contributed by atoms with Gasteiger partial charge in [0.2, 0.25) is 11.0 Å². The Hall–Kier alpha value is -2.06. The second kappa shape index (κ2) is 7.81. The van der Waals surface area contributed by atoms with Gasteiger partial charge in [0, 0.05) is 25.1 Å². The second-order valence-electron chi connectivity index (χ2n) is 4.49. The summed E-state index contributed by atoms with van der Waals surface area (Å²) in [6, 6.07) is 4.09. The average molecular weight is 324 g/mol. The maximum atomic E-state index is 13.1. The fraction of sp³-hybridized carbons (Fsp3) is 0.357. The molecule has 0 atom stereocenters. The predicted octanol–water partition coefficient (Wildman–Crippen LogP) is 3.40. The first-order valence-electron chi connectivity index (χ1n) is 6.89. The van der Waals surface area contributed by atoms with Crippen LogP contribution in [0.5, 0.6) is 5.88 Å². The van der Waals surface area contributed by atoms with E-state index < -0.39 is 5.82 Å². The molecule has 8 heteroatoms. The molecule has 6 nitrogen and oxygen atoms in total. The number of nitrogens with zero attached hydrogens (tertiary/aromatic N) is 2. The van der Waals surface area contributed by atoms with E-state index in [9.17, 15) is 9.50 Å². The Labute approximate surface area is 132 Å². The average Bonchev–Trinajstić information content (AvgIpc) is 2.79. The lowest BCUT2D eigenvalue weighted by molar-refractivity contribution is 0.146. The van der Waals surface area contributed by atoms with Gasteiger partial charge in [0.25, 0.3) is 0 Å². The van der Waals surface area contributed by atoms with Gasteiger partial charge in [0.1, 0.15) is 5.82 Å². The lowest BCUT2D eigenvalue weighted by atomic mass is 10.2. The van der Waals surface area contributed by atoms with Crippen molar-refractivity contribution in [3.05, 3.63) is 24.0 Å². The van der Waals surface area contributed by atoms with Crippen LogP contribution in [-0.2, 0) is 4.74 Å². The van der Waals surface area contributed by atoms with Gasteiger partial charge in [0.05, 0.1) is 5.52 Å². The van der Waals surface area contributed by atoms with Gasteiger partial charge in [-0.05, 0) is 43.8 Å². The third-order valence-electron chi connectivity index (χ3n) is 2.90. The molecule has 0 aliphatic carbocycles. The van der Waals surface area contributed by atoms with Gasteiger partial charge >= 0.3 is 0 Å². The van der Waals surface area contributed by atoms with Crippen LogP contribution in [0.3, 0.4) is 0 Å². The molecule has 22 heavy (non-hydrogen) atoms. The quantitative estimate of drug-likeness (QED) is 0.432. The molecule has 3 N–H and O–H groups in total. The van der Waals surface area contributed by atoms with E-state index in [0.29, 0.717) is 30.7 Å². The van der Waals surface area contributed by atoms with E-state index >= 15 is 0 Å². The van der Waals surface area contributed by atoms with E-state index in [0.717, 1.165) is 6.42 Å². The van der Waals surface area contributed by atoms with Crippen LogP contribution in [0.15, 0.2) is 28.4 Å². The zero-order valence-corrected chi connectivity index (χ0v) is 12.9. The van der Waals surface area contributed by atoms with Crippen molar-refractivity contribution in [3.63, 3.8) is 0 Å². The Balaban J connectivity index is 1.98. The standard InChI is InChI=1S/C14H17FN4O2S/c1-2-21-7-3-6-16-14(22)19-18-12-10-5-4-9(15)8-11(10)17-13(12)20/h4-5,8,17,20H,2-3,6-7H2,1H3,(H,16,22). The molecule has 2 rings (SSSR count). The number of rotatable bonds is 6. The Morgan fingerprint density at radius 2 is 2.32 bits per heavy atom. The highest BCUT2D eigenvalue weighted by molar-refractivity contribution is 7.80. The summed E-state index contributed by atoms with van der Waals surface area (Å²) in [6.45, 7) is 3.90. The highest BCUT2D eigenvalue weighted by Crippen LogP contribution is 2.35. The normalized spacial score (nSPS) is 11.4. The maximum absolute atomic E-state index is 13.1. The van der Waals surface area contributed by atoms with E-state index in [4.69, 9.17) is 17.0 Å². The number of nitrogens with one attached hydrogen (secondary N) is 2. The minimum absolute atomic E-state index is 0.177. The summed E-state index contributed by atoms with van der Waals surface area (Å²) < 4.78 is 18.3. The van der Waals surface area contributed by atoms with Crippen molar-refractivity contribution in [1.29, 1.82) is 0 Å². The van der Waals surface area contributed by atoms with E-state index in [1.165, 1.54) is 18.2 Å². The van der Waals surface area contributed by atoms with Gasteiger partial charge in [0.15, 0.2) is 5.69 Å². The van der Waals surface area contributed by atoms with E-state index in [1.807, 2.05) is 6.92 Å². The Bertz CT molecular complexity index is 687. The fourth-order valence-electron chi connectivity index (χ4n) is 1.89. The van der Waals surface area contributed by atoms with Gasteiger partial charge in [-0.15, -0.1) is 10.2 Å². The summed E-state index contributed by atoms with van der Waals surface area (Å²) in [5, 5.41) is 21.3. The number of thiocarbonyl (C=S) groups is 1. The van der Waals surface area contributed by atoms with Gasteiger partial charge in [-0.2, -0.15) is 0 Å². The molecule has 0 aliphatic rings. The molecule has 1 heterocycles. The number of H-pyrrole nitrogens is 1. The molecular formula is C14H17FN4O2S. The molecule has 118 valence electrons.